The summed E-state index contributed by atoms with van der Waals surface area (Å²) in [6, 6.07) is 4.16. The van der Waals surface area contributed by atoms with Crippen LogP contribution < -0.4 is 11.1 Å². The van der Waals surface area contributed by atoms with E-state index in [0.29, 0.717) is 6.42 Å². The van der Waals surface area contributed by atoms with Crippen LogP contribution in [0.15, 0.2) is 12.1 Å². The normalized spacial score (nSPS) is 16.1. The van der Waals surface area contributed by atoms with Crippen LogP contribution in [0, 0.1) is 0 Å². The summed E-state index contributed by atoms with van der Waals surface area (Å²) in [5.74, 6) is 0.0847. The highest BCUT2D eigenvalue weighted by atomic mass is 16.1. The van der Waals surface area contributed by atoms with E-state index in [1.54, 1.807) is 0 Å². The number of nitrogens with one attached hydrogen (secondary N) is 1. The number of carbonyl (C=O) groups is 1. The topological polar surface area (TPSA) is 55.1 Å². The van der Waals surface area contributed by atoms with Gasteiger partial charge in [-0.25, -0.2) is 0 Å². The second kappa shape index (κ2) is 3.66. The van der Waals surface area contributed by atoms with Crippen LogP contribution >= 0.6 is 0 Å². The maximum Gasteiger partial charge on any atom is 0.228 e. The summed E-state index contributed by atoms with van der Waals surface area (Å²) in [7, 11) is 0. The molecule has 0 fully saturated rings. The van der Waals surface area contributed by atoms with Crippen LogP contribution in [0.1, 0.15) is 36.6 Å². The number of fused-ring (bicyclic) bond motifs is 1. The van der Waals surface area contributed by atoms with E-state index in [2.05, 4.69) is 18.3 Å². The van der Waals surface area contributed by atoms with Gasteiger partial charge in [0.15, 0.2) is 0 Å². The zero-order valence-electron chi connectivity index (χ0n) is 9.13. The second-order valence-electron chi connectivity index (χ2n) is 4.08. The molecule has 3 heteroatoms. The van der Waals surface area contributed by atoms with Crippen LogP contribution in [0.25, 0.3) is 0 Å². The molecule has 80 valence electrons. The van der Waals surface area contributed by atoms with Crippen LogP contribution in [0.5, 0.6) is 0 Å². The Labute approximate surface area is 89.7 Å². The minimum Gasteiger partial charge on any atom is -0.325 e. The molecule has 3 N–H and O–H groups in total. The molecule has 1 aliphatic rings. The predicted molar refractivity (Wildman–Crippen MR) is 60.8 cm³/mol. The molecule has 2 rings (SSSR count). The summed E-state index contributed by atoms with van der Waals surface area (Å²) < 4.78 is 0. The van der Waals surface area contributed by atoms with Gasteiger partial charge in [0.2, 0.25) is 5.91 Å². The highest BCUT2D eigenvalue weighted by molar-refractivity contribution is 6.00. The molecule has 1 heterocycles. The van der Waals surface area contributed by atoms with Gasteiger partial charge in [-0.3, -0.25) is 4.79 Å². The summed E-state index contributed by atoms with van der Waals surface area (Å²) in [6.45, 7) is 4.05. The molecular weight excluding hydrogens is 188 g/mol. The van der Waals surface area contributed by atoms with Crippen LogP contribution in [0.3, 0.4) is 0 Å². The van der Waals surface area contributed by atoms with E-state index in [-0.39, 0.29) is 11.9 Å². The number of amides is 1. The maximum absolute atomic E-state index is 11.3. The third kappa shape index (κ3) is 1.75. The summed E-state index contributed by atoms with van der Waals surface area (Å²) in [6.07, 6.45) is 1.41. The molecule has 0 saturated carbocycles. The minimum absolute atomic E-state index is 0.0244. The molecule has 0 spiro atoms. The Morgan fingerprint density at radius 1 is 1.53 bits per heavy atom. The summed E-state index contributed by atoms with van der Waals surface area (Å²) in [4.78, 5) is 11.3. The lowest BCUT2D eigenvalue weighted by molar-refractivity contribution is -0.115. The molecule has 1 aromatic carbocycles. The SMILES string of the molecule is CCc1cc(C(C)N)cc2c1NC(=O)C2. The molecule has 0 aromatic heterocycles. The summed E-state index contributed by atoms with van der Waals surface area (Å²) >= 11 is 0. The van der Waals surface area contributed by atoms with Crippen LogP contribution in [0.2, 0.25) is 0 Å². The Kier molecular flexibility index (Phi) is 2.49. The predicted octanol–water partition coefficient (Wildman–Crippen LogP) is 1.76. The zero-order valence-corrected chi connectivity index (χ0v) is 9.13. The largest absolute Gasteiger partial charge is 0.325 e. The first kappa shape index (κ1) is 10.2. The van der Waals surface area contributed by atoms with Crippen LogP contribution in [0.4, 0.5) is 5.69 Å². The zero-order chi connectivity index (χ0) is 11.0. The van der Waals surface area contributed by atoms with Crippen molar-refractivity contribution in [2.75, 3.05) is 5.32 Å². The molecule has 15 heavy (non-hydrogen) atoms. The lowest BCUT2D eigenvalue weighted by atomic mass is 9.98. The van der Waals surface area contributed by atoms with Crippen molar-refractivity contribution in [2.45, 2.75) is 32.7 Å². The Morgan fingerprint density at radius 3 is 2.87 bits per heavy atom. The second-order valence-corrected chi connectivity index (χ2v) is 4.08. The molecule has 1 aliphatic heterocycles. The fourth-order valence-electron chi connectivity index (χ4n) is 1.99. The average molecular weight is 204 g/mol. The highest BCUT2D eigenvalue weighted by Gasteiger charge is 2.21. The van der Waals surface area contributed by atoms with E-state index >= 15 is 0 Å². The number of nitrogens with two attached hydrogens (primary N) is 1. The molecule has 0 bridgehead atoms. The van der Waals surface area contributed by atoms with Crippen molar-refractivity contribution in [3.63, 3.8) is 0 Å². The molecule has 1 amide bonds. The summed E-state index contributed by atoms with van der Waals surface area (Å²) in [5.41, 5.74) is 10.3. The van der Waals surface area contributed by atoms with Crippen molar-refractivity contribution < 1.29 is 4.79 Å². The van der Waals surface area contributed by atoms with E-state index in [4.69, 9.17) is 5.73 Å². The average Bonchev–Trinajstić information content (AvgIpc) is 2.56. The number of benzene rings is 1. The first-order valence-electron chi connectivity index (χ1n) is 5.33. The van der Waals surface area contributed by atoms with E-state index in [0.717, 1.165) is 23.2 Å². The van der Waals surface area contributed by atoms with Gasteiger partial charge in [0.1, 0.15) is 0 Å². The number of rotatable bonds is 2. The molecular formula is C12H16N2O. The minimum atomic E-state index is 0.0244. The molecule has 0 radical (unpaired) electrons. The van der Waals surface area contributed by atoms with Crippen molar-refractivity contribution in [3.05, 3.63) is 28.8 Å². The summed E-state index contributed by atoms with van der Waals surface area (Å²) in [5, 5.41) is 2.90. The number of aryl methyl sites for hydroxylation is 1. The monoisotopic (exact) mass is 204 g/mol. The van der Waals surface area contributed by atoms with Crippen molar-refractivity contribution in [1.29, 1.82) is 0 Å². The Balaban J connectivity index is 2.52. The van der Waals surface area contributed by atoms with Crippen molar-refractivity contribution in [2.24, 2.45) is 5.73 Å². The van der Waals surface area contributed by atoms with Crippen molar-refractivity contribution >= 4 is 11.6 Å². The first-order valence-corrected chi connectivity index (χ1v) is 5.33. The third-order valence-corrected chi connectivity index (χ3v) is 2.85. The van der Waals surface area contributed by atoms with Crippen LogP contribution in [-0.4, -0.2) is 5.91 Å². The number of anilines is 1. The third-order valence-electron chi connectivity index (χ3n) is 2.85. The molecule has 0 aliphatic carbocycles. The standard InChI is InChI=1S/C12H16N2O/c1-3-8-4-9(7(2)13)5-10-6-11(15)14-12(8)10/h4-5,7H,3,6,13H2,1-2H3,(H,14,15). The number of hydrogen-bond donors (Lipinski definition) is 2. The molecule has 3 nitrogen and oxygen atoms in total. The van der Waals surface area contributed by atoms with E-state index in [9.17, 15) is 4.79 Å². The Bertz CT molecular complexity index is 410. The Morgan fingerprint density at radius 2 is 2.27 bits per heavy atom. The maximum atomic E-state index is 11.3. The van der Waals surface area contributed by atoms with Crippen LogP contribution in [-0.2, 0) is 17.6 Å². The molecule has 1 atom stereocenters. The quantitative estimate of drug-likeness (QED) is 0.771. The van der Waals surface area contributed by atoms with E-state index in [1.807, 2.05) is 13.0 Å². The van der Waals surface area contributed by atoms with Gasteiger partial charge in [-0.1, -0.05) is 19.1 Å². The number of hydrogen-bond acceptors (Lipinski definition) is 2. The van der Waals surface area contributed by atoms with Crippen molar-refractivity contribution in [3.8, 4) is 0 Å². The highest BCUT2D eigenvalue weighted by Crippen LogP contribution is 2.30. The van der Waals surface area contributed by atoms with Gasteiger partial charge in [0.05, 0.1) is 6.42 Å². The van der Waals surface area contributed by atoms with Gasteiger partial charge in [-0.05, 0) is 30.0 Å². The first-order chi connectivity index (χ1) is 7.11. The van der Waals surface area contributed by atoms with Gasteiger partial charge < -0.3 is 11.1 Å². The Hall–Kier alpha value is -1.35. The van der Waals surface area contributed by atoms with Gasteiger partial charge in [0, 0.05) is 11.7 Å². The number of carbonyl (C=O) groups excluding carboxylic acids is 1. The van der Waals surface area contributed by atoms with E-state index < -0.39 is 0 Å². The molecule has 1 aromatic rings. The molecule has 1 unspecified atom stereocenters. The van der Waals surface area contributed by atoms with Gasteiger partial charge in [-0.15, -0.1) is 0 Å². The smallest absolute Gasteiger partial charge is 0.228 e. The lowest BCUT2D eigenvalue weighted by Crippen LogP contribution is -2.07. The van der Waals surface area contributed by atoms with Gasteiger partial charge in [0.25, 0.3) is 0 Å². The van der Waals surface area contributed by atoms with Crippen molar-refractivity contribution in [1.82, 2.24) is 0 Å². The van der Waals surface area contributed by atoms with Gasteiger partial charge in [-0.2, -0.15) is 0 Å². The fraction of sp³-hybridized carbons (Fsp3) is 0.417. The molecule has 0 saturated heterocycles. The fourth-order valence-corrected chi connectivity index (χ4v) is 1.99. The van der Waals surface area contributed by atoms with E-state index in [1.165, 1.54) is 5.56 Å². The van der Waals surface area contributed by atoms with Gasteiger partial charge >= 0.3 is 0 Å². The lowest BCUT2D eigenvalue weighted by Gasteiger charge is -2.12.